The van der Waals surface area contributed by atoms with Gasteiger partial charge in [-0.3, -0.25) is 0 Å². The van der Waals surface area contributed by atoms with Gasteiger partial charge in [0.2, 0.25) is 0 Å². The van der Waals surface area contributed by atoms with Crippen LogP contribution in [0.15, 0.2) is 23.8 Å². The van der Waals surface area contributed by atoms with E-state index in [-0.39, 0.29) is 0 Å². The van der Waals surface area contributed by atoms with Gasteiger partial charge in [0.05, 0.1) is 6.33 Å². The van der Waals surface area contributed by atoms with E-state index in [0.29, 0.717) is 17.0 Å². The van der Waals surface area contributed by atoms with Crippen molar-refractivity contribution < 1.29 is 0 Å². The molecule has 3 aromatic rings. The smallest absolute Gasteiger partial charge is 0.340 e. The van der Waals surface area contributed by atoms with E-state index in [0.717, 1.165) is 0 Å². The second-order valence-electron chi connectivity index (χ2n) is 2.83. The number of nitrogens with zero attached hydrogens (tertiary/aromatic N) is 5. The number of hydrogen-bond acceptors (Lipinski definition) is 5. The first kappa shape index (κ1) is 7.85. The predicted molar refractivity (Wildman–Crippen MR) is 49.4 cm³/mol. The highest BCUT2D eigenvalue weighted by molar-refractivity contribution is 5.77. The normalized spacial score (nSPS) is 10.9. The average molecular weight is 203 g/mol. The third kappa shape index (κ3) is 1.11. The zero-order valence-corrected chi connectivity index (χ0v) is 7.38. The Morgan fingerprint density at radius 1 is 1.20 bits per heavy atom. The lowest BCUT2D eigenvalue weighted by atomic mass is 10.5. The van der Waals surface area contributed by atoms with Gasteiger partial charge >= 0.3 is 5.69 Å². The SMILES string of the molecule is O=c1ncn(-c2ncnc3nc[nH]c23)[nH]1. The summed E-state index contributed by atoms with van der Waals surface area (Å²) in [5.41, 5.74) is 0.752. The second-order valence-corrected chi connectivity index (χ2v) is 2.83. The molecule has 74 valence electrons. The molecular formula is C7H5N7O. The molecule has 0 radical (unpaired) electrons. The summed E-state index contributed by atoms with van der Waals surface area (Å²) in [7, 11) is 0. The van der Waals surface area contributed by atoms with E-state index in [4.69, 9.17) is 0 Å². The van der Waals surface area contributed by atoms with Gasteiger partial charge in [-0.25, -0.2) is 29.5 Å². The van der Waals surface area contributed by atoms with E-state index >= 15 is 0 Å². The average Bonchev–Trinajstić information content (AvgIpc) is 2.84. The van der Waals surface area contributed by atoms with E-state index in [1.807, 2.05) is 0 Å². The number of hydrogen-bond donors (Lipinski definition) is 2. The van der Waals surface area contributed by atoms with Crippen LogP contribution in [0.5, 0.6) is 0 Å². The molecule has 0 saturated carbocycles. The van der Waals surface area contributed by atoms with Crippen molar-refractivity contribution in [2.45, 2.75) is 0 Å². The summed E-state index contributed by atoms with van der Waals surface area (Å²) in [4.78, 5) is 29.3. The molecule has 0 aromatic carbocycles. The molecule has 0 unspecified atom stereocenters. The van der Waals surface area contributed by atoms with Crippen molar-refractivity contribution in [1.29, 1.82) is 0 Å². The van der Waals surface area contributed by atoms with Gasteiger partial charge in [0.1, 0.15) is 18.2 Å². The molecular weight excluding hydrogens is 198 g/mol. The molecule has 0 aliphatic heterocycles. The molecule has 0 aliphatic carbocycles. The molecule has 8 heteroatoms. The molecule has 3 rings (SSSR count). The summed E-state index contributed by atoms with van der Waals surface area (Å²) in [5.74, 6) is 0.507. The highest BCUT2D eigenvalue weighted by Gasteiger charge is 2.07. The van der Waals surface area contributed by atoms with Gasteiger partial charge in [-0.15, -0.1) is 0 Å². The van der Waals surface area contributed by atoms with Gasteiger partial charge in [-0.2, -0.15) is 4.98 Å². The number of aromatic amines is 2. The zero-order valence-electron chi connectivity index (χ0n) is 7.38. The van der Waals surface area contributed by atoms with Crippen LogP contribution in [0.1, 0.15) is 0 Å². The van der Waals surface area contributed by atoms with Crippen molar-refractivity contribution in [2.24, 2.45) is 0 Å². The van der Waals surface area contributed by atoms with Gasteiger partial charge in [-0.05, 0) is 0 Å². The molecule has 3 heterocycles. The van der Waals surface area contributed by atoms with Gasteiger partial charge in [-0.1, -0.05) is 0 Å². The maximum Gasteiger partial charge on any atom is 0.361 e. The fraction of sp³-hybridized carbons (Fsp3) is 0. The summed E-state index contributed by atoms with van der Waals surface area (Å²) >= 11 is 0. The van der Waals surface area contributed by atoms with Crippen LogP contribution in [0.3, 0.4) is 0 Å². The van der Waals surface area contributed by atoms with Crippen molar-refractivity contribution in [3.05, 3.63) is 29.5 Å². The van der Waals surface area contributed by atoms with Crippen LogP contribution in [0.25, 0.3) is 17.0 Å². The molecule has 0 spiro atoms. The van der Waals surface area contributed by atoms with Crippen molar-refractivity contribution in [1.82, 2.24) is 34.7 Å². The van der Waals surface area contributed by atoms with Gasteiger partial charge in [0, 0.05) is 0 Å². The molecule has 0 saturated heterocycles. The Hall–Kier alpha value is -2.51. The van der Waals surface area contributed by atoms with Crippen LogP contribution < -0.4 is 5.69 Å². The molecule has 15 heavy (non-hydrogen) atoms. The van der Waals surface area contributed by atoms with Crippen molar-refractivity contribution in [3.8, 4) is 5.82 Å². The van der Waals surface area contributed by atoms with E-state index in [2.05, 4.69) is 30.0 Å². The van der Waals surface area contributed by atoms with Crippen molar-refractivity contribution >= 4 is 11.2 Å². The molecule has 0 fully saturated rings. The second kappa shape index (κ2) is 2.74. The summed E-state index contributed by atoms with van der Waals surface area (Å²) in [6, 6.07) is 0. The number of fused-ring (bicyclic) bond motifs is 1. The summed E-state index contributed by atoms with van der Waals surface area (Å²) in [6.07, 6.45) is 4.24. The van der Waals surface area contributed by atoms with Crippen LogP contribution in [0.4, 0.5) is 0 Å². The van der Waals surface area contributed by atoms with Crippen molar-refractivity contribution in [2.75, 3.05) is 0 Å². The van der Waals surface area contributed by atoms with Crippen molar-refractivity contribution in [3.63, 3.8) is 0 Å². The minimum Gasteiger partial charge on any atom is -0.340 e. The number of H-pyrrole nitrogens is 2. The van der Waals surface area contributed by atoms with Crippen LogP contribution in [0, 0.1) is 0 Å². The lowest BCUT2D eigenvalue weighted by Gasteiger charge is -1.99. The Labute approximate surface area is 82.0 Å². The van der Waals surface area contributed by atoms with E-state index in [1.165, 1.54) is 23.7 Å². The van der Waals surface area contributed by atoms with Crippen LogP contribution >= 0.6 is 0 Å². The zero-order chi connectivity index (χ0) is 10.3. The van der Waals surface area contributed by atoms with Crippen LogP contribution in [0.2, 0.25) is 0 Å². The summed E-state index contributed by atoms with van der Waals surface area (Å²) in [5, 5.41) is 2.49. The van der Waals surface area contributed by atoms with Gasteiger partial charge in [0.25, 0.3) is 0 Å². The monoisotopic (exact) mass is 203 g/mol. The lowest BCUT2D eigenvalue weighted by molar-refractivity contribution is 0.835. The van der Waals surface area contributed by atoms with Gasteiger partial charge < -0.3 is 4.98 Å². The highest BCUT2D eigenvalue weighted by atomic mass is 16.1. The van der Waals surface area contributed by atoms with Crippen LogP contribution in [-0.4, -0.2) is 34.7 Å². The Morgan fingerprint density at radius 2 is 2.13 bits per heavy atom. The lowest BCUT2D eigenvalue weighted by Crippen LogP contribution is -2.06. The number of rotatable bonds is 1. The first-order chi connectivity index (χ1) is 7.34. The third-order valence-electron chi connectivity index (χ3n) is 1.94. The predicted octanol–water partition coefficient (Wildman–Crippen LogP) is -0.773. The van der Waals surface area contributed by atoms with E-state index in [9.17, 15) is 4.79 Å². The van der Waals surface area contributed by atoms with Gasteiger partial charge in [0.15, 0.2) is 11.5 Å². The topological polar surface area (TPSA) is 105 Å². The Balaban J connectivity index is 2.35. The number of imidazole rings is 1. The third-order valence-corrected chi connectivity index (χ3v) is 1.94. The minimum absolute atomic E-state index is 0.429. The van der Waals surface area contributed by atoms with E-state index < -0.39 is 5.69 Å². The first-order valence-corrected chi connectivity index (χ1v) is 4.13. The standard InChI is InChI=1S/C7H5N7O/c15-7-12-3-14(13-7)6-4-5(9-1-8-4)10-2-11-6/h1-3H,(H,13,15)(H,8,9,10,11). The first-order valence-electron chi connectivity index (χ1n) is 4.13. The Kier molecular flexibility index (Phi) is 1.43. The fourth-order valence-electron chi connectivity index (χ4n) is 1.31. The number of aromatic nitrogens is 7. The Bertz CT molecular complexity index is 663. The maximum absolute atomic E-state index is 10.9. The Morgan fingerprint density at radius 3 is 2.93 bits per heavy atom. The summed E-state index contributed by atoms with van der Waals surface area (Å²) < 4.78 is 1.41. The molecule has 0 atom stereocenters. The molecule has 3 aromatic heterocycles. The van der Waals surface area contributed by atoms with E-state index in [1.54, 1.807) is 0 Å². The minimum atomic E-state index is -0.429. The quantitative estimate of drug-likeness (QED) is 0.540. The molecule has 8 nitrogen and oxygen atoms in total. The summed E-state index contributed by atoms with van der Waals surface area (Å²) in [6.45, 7) is 0. The maximum atomic E-state index is 10.9. The molecule has 2 N–H and O–H groups in total. The number of nitrogens with one attached hydrogen (secondary N) is 2. The molecule has 0 amide bonds. The highest BCUT2D eigenvalue weighted by Crippen LogP contribution is 2.11. The van der Waals surface area contributed by atoms with Crippen LogP contribution in [-0.2, 0) is 0 Å². The fourth-order valence-corrected chi connectivity index (χ4v) is 1.31. The molecule has 0 bridgehead atoms. The largest absolute Gasteiger partial charge is 0.361 e. The molecule has 0 aliphatic rings.